The summed E-state index contributed by atoms with van der Waals surface area (Å²) in [6.45, 7) is 4.45. The molecule has 2 aliphatic heterocycles. The Labute approximate surface area is 155 Å². The average Bonchev–Trinajstić information content (AvgIpc) is 3.31. The lowest BCUT2D eigenvalue weighted by molar-refractivity contribution is -0.914. The predicted molar refractivity (Wildman–Crippen MR) is 99.6 cm³/mol. The monoisotopic (exact) mass is 356 g/mol. The summed E-state index contributed by atoms with van der Waals surface area (Å²) < 4.78 is 0. The summed E-state index contributed by atoms with van der Waals surface area (Å²) >= 11 is 0. The smallest absolute Gasteiger partial charge is 0.225 e. The molecule has 1 aromatic carbocycles. The largest absolute Gasteiger partial charge is 0.350 e. The molecule has 1 saturated carbocycles. The molecule has 1 aliphatic carbocycles. The lowest BCUT2D eigenvalue weighted by Crippen LogP contribution is -3.12. The van der Waals surface area contributed by atoms with E-state index in [0.29, 0.717) is 25.6 Å². The maximum absolute atomic E-state index is 12.5. The highest BCUT2D eigenvalue weighted by molar-refractivity contribution is 5.89. The van der Waals surface area contributed by atoms with Crippen molar-refractivity contribution in [3.05, 3.63) is 35.4 Å². The number of hydrogen-bond acceptors (Lipinski definition) is 2. The fraction of sp³-hybridized carbons (Fsp3) is 0.619. The van der Waals surface area contributed by atoms with E-state index >= 15 is 0 Å². The van der Waals surface area contributed by atoms with E-state index in [1.807, 2.05) is 4.90 Å². The van der Waals surface area contributed by atoms with Crippen LogP contribution in [0.4, 0.5) is 0 Å². The fourth-order valence-corrected chi connectivity index (χ4v) is 4.84. The zero-order valence-corrected chi connectivity index (χ0v) is 15.5. The van der Waals surface area contributed by atoms with Crippen LogP contribution in [0.5, 0.6) is 0 Å². The molecule has 3 aliphatic rings. The Bertz CT molecular complexity index is 669. The van der Waals surface area contributed by atoms with E-state index in [4.69, 9.17) is 0 Å². The molecule has 1 saturated heterocycles. The van der Waals surface area contributed by atoms with Crippen LogP contribution >= 0.6 is 0 Å². The molecule has 1 aromatic rings. The summed E-state index contributed by atoms with van der Waals surface area (Å²) in [6, 6.07) is 9.05. The van der Waals surface area contributed by atoms with Gasteiger partial charge in [-0.05, 0) is 18.4 Å². The molecule has 0 spiro atoms. The van der Waals surface area contributed by atoms with Gasteiger partial charge in [0.25, 0.3) is 0 Å². The van der Waals surface area contributed by atoms with Crippen molar-refractivity contribution >= 4 is 11.8 Å². The van der Waals surface area contributed by atoms with Crippen molar-refractivity contribution in [2.45, 2.75) is 51.1 Å². The van der Waals surface area contributed by atoms with Crippen molar-refractivity contribution in [3.8, 4) is 0 Å². The third-order valence-corrected chi connectivity index (χ3v) is 6.38. The molecule has 1 unspecified atom stereocenters. The third kappa shape index (κ3) is 3.78. The van der Waals surface area contributed by atoms with Crippen LogP contribution in [0, 0.1) is 5.92 Å². The van der Waals surface area contributed by atoms with Crippen LogP contribution in [0.2, 0.25) is 0 Å². The second-order valence-corrected chi connectivity index (χ2v) is 8.12. The zero-order valence-electron chi connectivity index (χ0n) is 15.5. The number of carbonyl (C=O) groups is 2. The predicted octanol–water partition coefficient (Wildman–Crippen LogP) is 0.535. The lowest BCUT2D eigenvalue weighted by Gasteiger charge is -2.26. The van der Waals surface area contributed by atoms with E-state index in [2.05, 4.69) is 29.6 Å². The number of likely N-dealkylation sites (tertiary alicyclic amines) is 1. The number of nitrogens with one attached hydrogen (secondary N) is 2. The number of amides is 2. The van der Waals surface area contributed by atoms with Crippen molar-refractivity contribution in [1.82, 2.24) is 10.2 Å². The van der Waals surface area contributed by atoms with Crippen molar-refractivity contribution in [2.75, 3.05) is 26.2 Å². The molecule has 2 N–H and O–H groups in total. The number of rotatable bonds is 5. The lowest BCUT2D eigenvalue weighted by atomic mass is 10.00. The first kappa shape index (κ1) is 17.5. The summed E-state index contributed by atoms with van der Waals surface area (Å²) in [4.78, 5) is 28.3. The van der Waals surface area contributed by atoms with Crippen LogP contribution in [-0.4, -0.2) is 48.9 Å². The number of quaternary nitrogens is 1. The number of nitrogens with zero attached hydrogens (tertiary/aromatic N) is 1. The van der Waals surface area contributed by atoms with Gasteiger partial charge in [-0.15, -0.1) is 0 Å². The van der Waals surface area contributed by atoms with Crippen LogP contribution < -0.4 is 10.2 Å². The quantitative estimate of drug-likeness (QED) is 0.809. The number of hydrogen-bond donors (Lipinski definition) is 2. The number of benzene rings is 1. The maximum Gasteiger partial charge on any atom is 0.225 e. The van der Waals surface area contributed by atoms with Crippen molar-refractivity contribution in [2.24, 2.45) is 5.92 Å². The Hall–Kier alpha value is -1.88. The van der Waals surface area contributed by atoms with Crippen LogP contribution in [0.3, 0.4) is 0 Å². The van der Waals surface area contributed by atoms with Crippen LogP contribution in [0.25, 0.3) is 0 Å². The first-order valence-corrected chi connectivity index (χ1v) is 10.2. The molecule has 2 heterocycles. The van der Waals surface area contributed by atoms with E-state index in [0.717, 1.165) is 38.9 Å². The van der Waals surface area contributed by atoms with Crippen molar-refractivity contribution in [1.29, 1.82) is 0 Å². The molecule has 26 heavy (non-hydrogen) atoms. The topological polar surface area (TPSA) is 53.9 Å². The standard InChI is InChI=1S/C21H29N3O2/c25-20-13-18(15-24(20)19-7-3-4-8-19)21(26)22-10-12-23-11-9-16-5-1-2-6-17(16)14-23/h1-2,5-6,18-19H,3-4,7-15H2,(H,22,26)/p+1/t18-/m1/s1. The third-order valence-electron chi connectivity index (χ3n) is 6.38. The fourth-order valence-electron chi connectivity index (χ4n) is 4.84. The summed E-state index contributed by atoms with van der Waals surface area (Å²) in [7, 11) is 0. The van der Waals surface area contributed by atoms with E-state index in [9.17, 15) is 9.59 Å². The molecule has 0 aromatic heterocycles. The molecule has 4 rings (SSSR count). The van der Waals surface area contributed by atoms with E-state index in [1.54, 1.807) is 0 Å². The van der Waals surface area contributed by atoms with Gasteiger partial charge >= 0.3 is 0 Å². The Balaban J connectivity index is 1.22. The van der Waals surface area contributed by atoms with Crippen molar-refractivity contribution < 1.29 is 14.5 Å². The highest BCUT2D eigenvalue weighted by Gasteiger charge is 2.38. The van der Waals surface area contributed by atoms with Gasteiger partial charge < -0.3 is 15.1 Å². The molecular weight excluding hydrogens is 326 g/mol. The number of fused-ring (bicyclic) bond motifs is 1. The molecule has 2 amide bonds. The van der Waals surface area contributed by atoms with Gasteiger partial charge in [0.2, 0.25) is 11.8 Å². The highest BCUT2D eigenvalue weighted by Crippen LogP contribution is 2.29. The van der Waals surface area contributed by atoms with Gasteiger partial charge in [-0.3, -0.25) is 9.59 Å². The molecular formula is C21H30N3O2+. The molecule has 5 nitrogen and oxygen atoms in total. The molecule has 0 radical (unpaired) electrons. The number of carbonyl (C=O) groups excluding carboxylic acids is 2. The van der Waals surface area contributed by atoms with E-state index in [-0.39, 0.29) is 17.7 Å². The van der Waals surface area contributed by atoms with Gasteiger partial charge in [-0.25, -0.2) is 0 Å². The Morgan fingerprint density at radius 1 is 1.19 bits per heavy atom. The van der Waals surface area contributed by atoms with Gasteiger partial charge in [0, 0.05) is 31.0 Å². The average molecular weight is 356 g/mol. The van der Waals surface area contributed by atoms with Gasteiger partial charge in [0.1, 0.15) is 6.54 Å². The first-order chi connectivity index (χ1) is 12.7. The van der Waals surface area contributed by atoms with Crippen LogP contribution in [0.1, 0.15) is 43.2 Å². The van der Waals surface area contributed by atoms with Gasteiger partial charge in [0.05, 0.1) is 25.6 Å². The minimum Gasteiger partial charge on any atom is -0.350 e. The summed E-state index contributed by atoms with van der Waals surface area (Å²) in [5.41, 5.74) is 2.91. The van der Waals surface area contributed by atoms with Gasteiger partial charge in [0.15, 0.2) is 0 Å². The zero-order chi connectivity index (χ0) is 17.9. The Kier molecular flexibility index (Phi) is 5.25. The van der Waals surface area contributed by atoms with Gasteiger partial charge in [-0.2, -0.15) is 0 Å². The second-order valence-electron chi connectivity index (χ2n) is 8.12. The van der Waals surface area contributed by atoms with Crippen LogP contribution in [-0.2, 0) is 22.6 Å². The Morgan fingerprint density at radius 3 is 2.77 bits per heavy atom. The summed E-state index contributed by atoms with van der Waals surface area (Å²) in [5.74, 6) is 0.0890. The highest BCUT2D eigenvalue weighted by atomic mass is 16.2. The summed E-state index contributed by atoms with van der Waals surface area (Å²) in [5, 5.41) is 3.09. The maximum atomic E-state index is 12.5. The SMILES string of the molecule is O=C(NCC[NH+]1CCc2ccccc2C1)[C@@H]1CC(=O)N(C2CCCC2)C1. The molecule has 2 atom stereocenters. The van der Waals surface area contributed by atoms with E-state index < -0.39 is 0 Å². The minimum absolute atomic E-state index is 0.0654. The Morgan fingerprint density at radius 2 is 1.96 bits per heavy atom. The van der Waals surface area contributed by atoms with Crippen LogP contribution in [0.15, 0.2) is 24.3 Å². The molecule has 5 heteroatoms. The summed E-state index contributed by atoms with van der Waals surface area (Å²) in [6.07, 6.45) is 6.17. The molecule has 2 fully saturated rings. The normalized spacial score (nSPS) is 26.2. The molecule has 0 bridgehead atoms. The molecule has 140 valence electrons. The van der Waals surface area contributed by atoms with Gasteiger partial charge in [-0.1, -0.05) is 37.1 Å². The first-order valence-electron chi connectivity index (χ1n) is 10.2. The second kappa shape index (κ2) is 7.78. The van der Waals surface area contributed by atoms with E-state index in [1.165, 1.54) is 28.9 Å². The van der Waals surface area contributed by atoms with Crippen molar-refractivity contribution in [3.63, 3.8) is 0 Å². The minimum atomic E-state index is -0.153.